The van der Waals surface area contributed by atoms with Gasteiger partial charge in [0.15, 0.2) is 11.5 Å². The molecule has 0 fully saturated rings. The third-order valence-electron chi connectivity index (χ3n) is 2.60. The zero-order valence-electron chi connectivity index (χ0n) is 14.0. The van der Waals surface area contributed by atoms with Gasteiger partial charge in [0, 0.05) is 18.0 Å². The van der Waals surface area contributed by atoms with Gasteiger partial charge in [-0.1, -0.05) is 26.8 Å². The third kappa shape index (κ3) is 6.52. The Kier molecular flexibility index (Phi) is 6.76. The summed E-state index contributed by atoms with van der Waals surface area (Å²) in [4.78, 5) is 11.8. The molecule has 5 heteroatoms. The quantitative estimate of drug-likeness (QED) is 0.829. The lowest BCUT2D eigenvalue weighted by Gasteiger charge is -2.13. The van der Waals surface area contributed by atoms with E-state index in [1.165, 1.54) is 0 Å². The van der Waals surface area contributed by atoms with Crippen molar-refractivity contribution in [2.24, 2.45) is 5.41 Å². The largest absolute Gasteiger partial charge is 0.490 e. The summed E-state index contributed by atoms with van der Waals surface area (Å²) >= 11 is 0. The van der Waals surface area contributed by atoms with Crippen molar-refractivity contribution in [3.8, 4) is 11.5 Å². The van der Waals surface area contributed by atoms with Crippen molar-refractivity contribution in [1.29, 1.82) is 0 Å². The Morgan fingerprint density at radius 1 is 1.14 bits per heavy atom. The summed E-state index contributed by atoms with van der Waals surface area (Å²) in [6.45, 7) is 11.1. The van der Waals surface area contributed by atoms with Crippen LogP contribution >= 0.6 is 0 Å². The highest BCUT2D eigenvalue weighted by molar-refractivity contribution is 5.90. The first kappa shape index (κ1) is 17.9. The first-order valence-corrected chi connectivity index (χ1v) is 7.50. The van der Waals surface area contributed by atoms with Crippen LogP contribution in [0.5, 0.6) is 11.5 Å². The van der Waals surface area contributed by atoms with Crippen LogP contribution in [-0.4, -0.2) is 19.2 Å². The van der Waals surface area contributed by atoms with E-state index in [0.717, 1.165) is 0 Å². The van der Waals surface area contributed by atoms with E-state index in [1.54, 1.807) is 24.4 Å². The average Bonchev–Trinajstić information content (AvgIpc) is 2.40. The number of ether oxygens (including phenoxy) is 2. The minimum absolute atomic E-state index is 0.0224. The van der Waals surface area contributed by atoms with Crippen LogP contribution < -0.4 is 20.1 Å². The molecule has 0 aliphatic carbocycles. The van der Waals surface area contributed by atoms with Gasteiger partial charge in [-0.25, -0.2) is 4.79 Å². The van der Waals surface area contributed by atoms with Crippen molar-refractivity contribution in [3.05, 3.63) is 30.5 Å². The minimum Gasteiger partial charge on any atom is -0.490 e. The van der Waals surface area contributed by atoms with Gasteiger partial charge in [0.25, 0.3) is 0 Å². The highest BCUT2D eigenvalue weighted by Crippen LogP contribution is 2.30. The summed E-state index contributed by atoms with van der Waals surface area (Å²) in [5, 5.41) is 5.44. The van der Waals surface area contributed by atoms with Crippen LogP contribution in [0.25, 0.3) is 0 Å². The Hall–Kier alpha value is -2.17. The number of carbonyl (C=O) groups is 1. The monoisotopic (exact) mass is 306 g/mol. The maximum Gasteiger partial charge on any atom is 0.323 e. The molecule has 0 spiro atoms. The molecule has 5 nitrogen and oxygen atoms in total. The molecule has 22 heavy (non-hydrogen) atoms. The Morgan fingerprint density at radius 3 is 2.36 bits per heavy atom. The first-order valence-electron chi connectivity index (χ1n) is 7.50. The molecule has 2 amide bonds. The van der Waals surface area contributed by atoms with Gasteiger partial charge in [-0.2, -0.15) is 0 Å². The third-order valence-corrected chi connectivity index (χ3v) is 2.60. The van der Waals surface area contributed by atoms with Gasteiger partial charge in [0.05, 0.1) is 13.2 Å². The van der Waals surface area contributed by atoms with Crippen molar-refractivity contribution in [2.75, 3.05) is 18.5 Å². The maximum absolute atomic E-state index is 11.8. The topological polar surface area (TPSA) is 59.6 Å². The molecule has 122 valence electrons. The summed E-state index contributed by atoms with van der Waals surface area (Å²) in [7, 11) is 0. The first-order chi connectivity index (χ1) is 10.4. The molecule has 0 radical (unpaired) electrons. The van der Waals surface area contributed by atoms with Crippen LogP contribution in [0.1, 0.15) is 34.6 Å². The van der Waals surface area contributed by atoms with E-state index in [0.29, 0.717) is 30.4 Å². The summed E-state index contributed by atoms with van der Waals surface area (Å²) in [6, 6.07) is 5.02. The fourth-order valence-electron chi connectivity index (χ4n) is 1.66. The van der Waals surface area contributed by atoms with Gasteiger partial charge >= 0.3 is 6.03 Å². The normalized spacial score (nSPS) is 11.3. The molecular formula is C17H26N2O3. The molecule has 0 aliphatic heterocycles. The zero-order chi connectivity index (χ0) is 16.6. The Labute approximate surface area is 132 Å². The van der Waals surface area contributed by atoms with Crippen LogP contribution in [0.4, 0.5) is 10.5 Å². The van der Waals surface area contributed by atoms with Gasteiger partial charge < -0.3 is 20.1 Å². The van der Waals surface area contributed by atoms with E-state index in [-0.39, 0.29) is 11.4 Å². The zero-order valence-corrected chi connectivity index (χ0v) is 14.0. The molecule has 1 rings (SSSR count). The molecule has 0 unspecified atom stereocenters. The summed E-state index contributed by atoms with van der Waals surface area (Å²) in [5.41, 5.74) is 0.669. The minimum atomic E-state index is -0.299. The molecule has 1 aromatic carbocycles. The second kappa shape index (κ2) is 8.32. The van der Waals surface area contributed by atoms with E-state index in [1.807, 2.05) is 19.9 Å². The van der Waals surface area contributed by atoms with Crippen molar-refractivity contribution >= 4 is 11.7 Å². The lowest BCUT2D eigenvalue weighted by atomic mass is 9.97. The van der Waals surface area contributed by atoms with Gasteiger partial charge in [-0.3, -0.25) is 0 Å². The SMILES string of the molecule is CCOc1ccc(NC(=O)N/C=C/C(C)(C)C)cc1OCC. The van der Waals surface area contributed by atoms with Crippen LogP contribution in [0.2, 0.25) is 0 Å². The van der Waals surface area contributed by atoms with Crippen LogP contribution in [-0.2, 0) is 0 Å². The average molecular weight is 306 g/mol. The van der Waals surface area contributed by atoms with Gasteiger partial charge in [0.2, 0.25) is 0 Å². The summed E-state index contributed by atoms with van der Waals surface area (Å²) < 4.78 is 11.0. The van der Waals surface area contributed by atoms with Crippen molar-refractivity contribution in [2.45, 2.75) is 34.6 Å². The number of amides is 2. The molecule has 0 bridgehead atoms. The molecule has 0 aromatic heterocycles. The Balaban J connectivity index is 2.70. The number of rotatable bonds is 6. The Bertz CT molecular complexity index is 519. The Morgan fingerprint density at radius 2 is 1.77 bits per heavy atom. The van der Waals surface area contributed by atoms with Crippen molar-refractivity contribution in [1.82, 2.24) is 5.32 Å². The summed E-state index contributed by atoms with van der Waals surface area (Å²) in [6.07, 6.45) is 3.57. The second-order valence-corrected chi connectivity index (χ2v) is 5.83. The molecular weight excluding hydrogens is 280 g/mol. The fourth-order valence-corrected chi connectivity index (χ4v) is 1.66. The molecule has 0 saturated carbocycles. The van der Waals surface area contributed by atoms with E-state index >= 15 is 0 Å². The summed E-state index contributed by atoms with van der Waals surface area (Å²) in [5.74, 6) is 1.29. The molecule has 0 saturated heterocycles. The van der Waals surface area contributed by atoms with Crippen LogP contribution in [0.3, 0.4) is 0 Å². The number of carbonyl (C=O) groups excluding carboxylic acids is 1. The van der Waals surface area contributed by atoms with Crippen molar-refractivity contribution < 1.29 is 14.3 Å². The lowest BCUT2D eigenvalue weighted by Crippen LogP contribution is -2.24. The smallest absolute Gasteiger partial charge is 0.323 e. The van der Waals surface area contributed by atoms with Crippen LogP contribution in [0.15, 0.2) is 30.5 Å². The predicted molar refractivity (Wildman–Crippen MR) is 89.5 cm³/mol. The standard InChI is InChI=1S/C17H26N2O3/c1-6-21-14-9-8-13(12-15(14)22-7-2)19-16(20)18-11-10-17(3,4)5/h8-12H,6-7H2,1-5H3,(H2,18,19,20)/b11-10+. The fraction of sp³-hybridized carbons (Fsp3) is 0.471. The lowest BCUT2D eigenvalue weighted by molar-refractivity contribution is 0.255. The highest BCUT2D eigenvalue weighted by atomic mass is 16.5. The van der Waals surface area contributed by atoms with Gasteiger partial charge in [-0.15, -0.1) is 0 Å². The molecule has 0 atom stereocenters. The number of hydrogen-bond donors (Lipinski definition) is 2. The number of benzene rings is 1. The van der Waals surface area contributed by atoms with E-state index < -0.39 is 0 Å². The number of allylic oxidation sites excluding steroid dienone is 1. The molecule has 2 N–H and O–H groups in total. The molecule has 1 aromatic rings. The van der Waals surface area contributed by atoms with Gasteiger partial charge in [-0.05, 0) is 31.4 Å². The van der Waals surface area contributed by atoms with Crippen molar-refractivity contribution in [3.63, 3.8) is 0 Å². The maximum atomic E-state index is 11.8. The molecule has 0 heterocycles. The van der Waals surface area contributed by atoms with Crippen LogP contribution in [0, 0.1) is 5.41 Å². The highest BCUT2D eigenvalue weighted by Gasteiger charge is 2.08. The van der Waals surface area contributed by atoms with E-state index in [2.05, 4.69) is 31.4 Å². The number of anilines is 1. The number of nitrogens with one attached hydrogen (secondary N) is 2. The number of hydrogen-bond acceptors (Lipinski definition) is 3. The number of urea groups is 1. The van der Waals surface area contributed by atoms with E-state index in [9.17, 15) is 4.79 Å². The van der Waals surface area contributed by atoms with E-state index in [4.69, 9.17) is 9.47 Å². The second-order valence-electron chi connectivity index (χ2n) is 5.83. The molecule has 0 aliphatic rings. The van der Waals surface area contributed by atoms with Gasteiger partial charge in [0.1, 0.15) is 0 Å². The predicted octanol–water partition coefficient (Wildman–Crippen LogP) is 4.17.